The molecule has 1 aliphatic rings. The molecule has 1 amide bonds. The minimum atomic E-state index is -3.22. The molecule has 1 aromatic carbocycles. The first-order valence-electron chi connectivity index (χ1n) is 6.56. The van der Waals surface area contributed by atoms with E-state index >= 15 is 0 Å². The molecule has 1 aliphatic heterocycles. The monoisotopic (exact) mass is 378 g/mol. The molecule has 0 bridgehead atoms. The summed E-state index contributed by atoms with van der Waals surface area (Å²) in [6, 6.07) is 4.02. The highest BCUT2D eigenvalue weighted by Crippen LogP contribution is 2.18. The Morgan fingerprint density at radius 3 is 2.38 bits per heavy atom. The summed E-state index contributed by atoms with van der Waals surface area (Å²) in [6.07, 6.45) is 0. The van der Waals surface area contributed by atoms with Crippen molar-refractivity contribution in [3.63, 3.8) is 0 Å². The van der Waals surface area contributed by atoms with Crippen LogP contribution in [0.1, 0.15) is 17.3 Å². The Balaban J connectivity index is 2.07. The molecule has 5 nitrogen and oxygen atoms in total. The number of carbonyl (C=O) groups excluding carboxylic acids is 1. The van der Waals surface area contributed by atoms with Crippen LogP contribution < -0.4 is 0 Å². The molecule has 116 valence electrons. The smallest absolute Gasteiger partial charge is 0.254 e. The Morgan fingerprint density at radius 2 is 1.86 bits per heavy atom. The number of nitrogens with zero attached hydrogens (tertiary/aromatic N) is 2. The number of benzene rings is 1. The lowest BCUT2D eigenvalue weighted by molar-refractivity contribution is 0.0697. The van der Waals surface area contributed by atoms with E-state index in [1.165, 1.54) is 16.4 Å². The highest BCUT2D eigenvalue weighted by atomic mass is 79.9. The molecule has 21 heavy (non-hydrogen) atoms. The molecule has 0 atom stereocenters. The Labute approximate surface area is 131 Å². The highest BCUT2D eigenvalue weighted by Gasteiger charge is 2.28. The number of sulfonamides is 1. The Morgan fingerprint density at radius 1 is 1.24 bits per heavy atom. The molecule has 1 fully saturated rings. The van der Waals surface area contributed by atoms with Gasteiger partial charge in [-0.2, -0.15) is 4.31 Å². The molecule has 0 aliphatic carbocycles. The van der Waals surface area contributed by atoms with E-state index in [0.717, 1.165) is 0 Å². The van der Waals surface area contributed by atoms with Crippen LogP contribution in [-0.2, 0) is 10.0 Å². The lowest BCUT2D eigenvalue weighted by Crippen LogP contribution is -2.50. The van der Waals surface area contributed by atoms with Gasteiger partial charge in [0.05, 0.1) is 5.75 Å². The van der Waals surface area contributed by atoms with Gasteiger partial charge in [-0.05, 0) is 25.1 Å². The molecule has 0 spiro atoms. The van der Waals surface area contributed by atoms with Gasteiger partial charge >= 0.3 is 0 Å². The number of halogens is 2. The first-order valence-corrected chi connectivity index (χ1v) is 8.97. The number of piperazine rings is 1. The largest absolute Gasteiger partial charge is 0.336 e. The first kappa shape index (κ1) is 16.4. The third-order valence-electron chi connectivity index (χ3n) is 3.39. The Hall–Kier alpha value is -0.990. The molecule has 8 heteroatoms. The SMILES string of the molecule is CCS(=O)(=O)N1CCN(C(=O)c2cc(F)cc(Br)c2)CC1. The summed E-state index contributed by atoms with van der Waals surface area (Å²) in [5.74, 6) is -0.721. The van der Waals surface area contributed by atoms with Crippen molar-refractivity contribution >= 4 is 31.9 Å². The predicted octanol–water partition coefficient (Wildman–Crippen LogP) is 1.70. The van der Waals surface area contributed by atoms with Gasteiger partial charge in [0.15, 0.2) is 0 Å². The molecule has 1 heterocycles. The van der Waals surface area contributed by atoms with Crippen LogP contribution in [0.3, 0.4) is 0 Å². The lowest BCUT2D eigenvalue weighted by atomic mass is 10.2. The lowest BCUT2D eigenvalue weighted by Gasteiger charge is -2.33. The number of amides is 1. The van der Waals surface area contributed by atoms with Crippen LogP contribution in [0.2, 0.25) is 0 Å². The minimum Gasteiger partial charge on any atom is -0.336 e. The van der Waals surface area contributed by atoms with Crippen molar-refractivity contribution < 1.29 is 17.6 Å². The maximum absolute atomic E-state index is 13.3. The van der Waals surface area contributed by atoms with Crippen molar-refractivity contribution in [3.8, 4) is 0 Å². The molecule has 0 N–H and O–H groups in total. The van der Waals surface area contributed by atoms with Crippen LogP contribution in [-0.4, -0.2) is 55.5 Å². The van der Waals surface area contributed by atoms with Gasteiger partial charge in [0.25, 0.3) is 5.91 Å². The highest BCUT2D eigenvalue weighted by molar-refractivity contribution is 9.10. The normalized spacial score (nSPS) is 17.0. The van der Waals surface area contributed by atoms with E-state index in [2.05, 4.69) is 15.9 Å². The van der Waals surface area contributed by atoms with E-state index in [1.54, 1.807) is 17.9 Å². The van der Waals surface area contributed by atoms with Gasteiger partial charge in [-0.25, -0.2) is 12.8 Å². The second-order valence-corrected chi connectivity index (χ2v) is 7.92. The van der Waals surface area contributed by atoms with Crippen molar-refractivity contribution in [1.82, 2.24) is 9.21 Å². The fourth-order valence-electron chi connectivity index (χ4n) is 2.21. The van der Waals surface area contributed by atoms with E-state index in [4.69, 9.17) is 0 Å². The van der Waals surface area contributed by atoms with Crippen LogP contribution in [0.25, 0.3) is 0 Å². The van der Waals surface area contributed by atoms with Crippen molar-refractivity contribution in [3.05, 3.63) is 34.1 Å². The zero-order chi connectivity index (χ0) is 15.6. The van der Waals surface area contributed by atoms with E-state index in [-0.39, 0.29) is 30.3 Å². The summed E-state index contributed by atoms with van der Waals surface area (Å²) < 4.78 is 38.7. The van der Waals surface area contributed by atoms with Gasteiger partial charge in [0.1, 0.15) is 5.82 Å². The molecule has 0 radical (unpaired) electrons. The van der Waals surface area contributed by atoms with Gasteiger partial charge in [0.2, 0.25) is 10.0 Å². The maximum Gasteiger partial charge on any atom is 0.254 e. The topological polar surface area (TPSA) is 57.7 Å². The second kappa shape index (κ2) is 6.41. The standard InChI is InChI=1S/C13H16BrFN2O3S/c1-2-21(19,20)17-5-3-16(4-6-17)13(18)10-7-11(14)9-12(15)8-10/h7-9H,2-6H2,1H3. The Kier molecular flexibility index (Phi) is 5.00. The van der Waals surface area contributed by atoms with Crippen LogP contribution in [0.5, 0.6) is 0 Å². The van der Waals surface area contributed by atoms with Gasteiger partial charge in [-0.15, -0.1) is 0 Å². The number of carbonyl (C=O) groups is 1. The Bertz CT molecular complexity index is 623. The van der Waals surface area contributed by atoms with Gasteiger partial charge < -0.3 is 4.90 Å². The van der Waals surface area contributed by atoms with Crippen LogP contribution in [0, 0.1) is 5.82 Å². The van der Waals surface area contributed by atoms with Crippen molar-refractivity contribution in [1.29, 1.82) is 0 Å². The summed E-state index contributed by atoms with van der Waals surface area (Å²) in [6.45, 7) is 2.77. The zero-order valence-electron chi connectivity index (χ0n) is 11.6. The minimum absolute atomic E-state index is 0.0534. The average Bonchev–Trinajstić information content (AvgIpc) is 2.45. The zero-order valence-corrected chi connectivity index (χ0v) is 14.0. The summed E-state index contributed by atoms with van der Waals surface area (Å²) in [4.78, 5) is 13.8. The second-order valence-electron chi connectivity index (χ2n) is 4.75. The summed E-state index contributed by atoms with van der Waals surface area (Å²) in [7, 11) is -3.22. The summed E-state index contributed by atoms with van der Waals surface area (Å²) >= 11 is 3.15. The van der Waals surface area contributed by atoms with Crippen molar-refractivity contribution in [2.75, 3.05) is 31.9 Å². The van der Waals surface area contributed by atoms with Gasteiger partial charge in [-0.1, -0.05) is 15.9 Å². The fourth-order valence-corrected chi connectivity index (χ4v) is 3.76. The van der Waals surface area contributed by atoms with Crippen molar-refractivity contribution in [2.24, 2.45) is 0 Å². The number of hydrogen-bond acceptors (Lipinski definition) is 3. The van der Waals surface area contributed by atoms with Gasteiger partial charge in [0, 0.05) is 36.2 Å². The number of hydrogen-bond donors (Lipinski definition) is 0. The van der Waals surface area contributed by atoms with E-state index in [0.29, 0.717) is 17.6 Å². The third-order valence-corrected chi connectivity index (χ3v) is 5.73. The molecular weight excluding hydrogens is 363 g/mol. The molecular formula is C13H16BrFN2O3S. The molecule has 2 rings (SSSR count). The molecule has 1 aromatic rings. The quantitative estimate of drug-likeness (QED) is 0.803. The molecule has 0 aromatic heterocycles. The van der Waals surface area contributed by atoms with E-state index in [1.807, 2.05) is 0 Å². The van der Waals surface area contributed by atoms with E-state index in [9.17, 15) is 17.6 Å². The predicted molar refractivity (Wildman–Crippen MR) is 81.0 cm³/mol. The average molecular weight is 379 g/mol. The first-order chi connectivity index (χ1) is 9.83. The van der Waals surface area contributed by atoms with Crippen LogP contribution in [0.15, 0.2) is 22.7 Å². The molecule has 1 saturated heterocycles. The third kappa shape index (κ3) is 3.81. The maximum atomic E-state index is 13.3. The van der Waals surface area contributed by atoms with Crippen LogP contribution in [0.4, 0.5) is 4.39 Å². The number of rotatable bonds is 3. The fraction of sp³-hybridized carbons (Fsp3) is 0.462. The van der Waals surface area contributed by atoms with E-state index < -0.39 is 15.8 Å². The molecule has 0 unspecified atom stereocenters. The van der Waals surface area contributed by atoms with Crippen LogP contribution >= 0.6 is 15.9 Å². The van der Waals surface area contributed by atoms with Crippen molar-refractivity contribution in [2.45, 2.75) is 6.92 Å². The molecule has 0 saturated carbocycles. The van der Waals surface area contributed by atoms with Gasteiger partial charge in [-0.3, -0.25) is 4.79 Å². The summed E-state index contributed by atoms with van der Waals surface area (Å²) in [5.41, 5.74) is 0.258. The summed E-state index contributed by atoms with van der Waals surface area (Å²) in [5, 5.41) is 0.